The van der Waals surface area contributed by atoms with Crippen molar-refractivity contribution >= 4 is 33.8 Å². The van der Waals surface area contributed by atoms with Crippen LogP contribution in [0.2, 0.25) is 0 Å². The van der Waals surface area contributed by atoms with Crippen molar-refractivity contribution in [1.82, 2.24) is 29.5 Å². The molecule has 10 nitrogen and oxygen atoms in total. The lowest BCUT2D eigenvalue weighted by atomic mass is 10.1. The molecule has 0 saturated carbocycles. The highest BCUT2D eigenvalue weighted by molar-refractivity contribution is 5.84. The Morgan fingerprint density at radius 3 is 2.82 bits per heavy atom. The van der Waals surface area contributed by atoms with Crippen LogP contribution in [0.25, 0.3) is 27.8 Å². The zero-order valence-corrected chi connectivity index (χ0v) is 17.9. The van der Waals surface area contributed by atoms with E-state index >= 15 is 0 Å². The number of nitrogens with two attached hydrogens (primary N) is 1. The molecule has 0 amide bonds. The highest BCUT2D eigenvalue weighted by Gasteiger charge is 2.21. The summed E-state index contributed by atoms with van der Waals surface area (Å²) in [6.07, 6.45) is 1.51. The van der Waals surface area contributed by atoms with Crippen molar-refractivity contribution in [2.75, 3.05) is 11.1 Å². The highest BCUT2D eigenvalue weighted by atomic mass is 16.1. The Hall–Kier alpha value is -4.78. The van der Waals surface area contributed by atoms with Gasteiger partial charge in [0.2, 0.25) is 5.95 Å². The van der Waals surface area contributed by atoms with Gasteiger partial charge in [0, 0.05) is 0 Å². The molecule has 0 spiro atoms. The van der Waals surface area contributed by atoms with E-state index in [9.17, 15) is 10.1 Å². The van der Waals surface area contributed by atoms with Crippen LogP contribution < -0.4 is 16.6 Å². The largest absolute Gasteiger partial charge is 0.368 e. The number of benzene rings is 2. The minimum atomic E-state index is -0.470. The van der Waals surface area contributed by atoms with Crippen molar-refractivity contribution in [1.29, 1.82) is 5.26 Å². The number of nitrogen functional groups attached to an aromatic ring is 1. The number of aromatic amines is 1. The maximum Gasteiger partial charge on any atom is 0.266 e. The Morgan fingerprint density at radius 1 is 1.18 bits per heavy atom. The zero-order valence-electron chi connectivity index (χ0n) is 17.9. The van der Waals surface area contributed by atoms with Crippen LogP contribution in [-0.4, -0.2) is 29.5 Å². The van der Waals surface area contributed by atoms with Gasteiger partial charge in [-0.2, -0.15) is 15.2 Å². The number of hydrogen-bond acceptors (Lipinski definition) is 8. The standard InChI is InChI=1S/C23H19N9O/c1-12-5-3-8-16-17(12)22(33)32(15-7-4-6-14(9-15)10-24)21(29-16)13(2)28-20-18-19(27-11-26-18)30-23(25)31-20/h3-9,11,13H,1-2H3,(H4,25,26,27,28,30,31). The maximum absolute atomic E-state index is 13.7. The van der Waals surface area contributed by atoms with Gasteiger partial charge in [0.15, 0.2) is 11.5 Å². The number of aromatic nitrogens is 6. The van der Waals surface area contributed by atoms with E-state index in [0.717, 1.165) is 5.56 Å². The Bertz CT molecular complexity index is 1630. The second-order valence-corrected chi connectivity index (χ2v) is 7.64. The normalized spacial score (nSPS) is 12.0. The molecule has 4 N–H and O–H groups in total. The minimum Gasteiger partial charge on any atom is -0.368 e. The Balaban J connectivity index is 1.73. The van der Waals surface area contributed by atoms with Crippen LogP contribution in [0.1, 0.15) is 29.9 Å². The lowest BCUT2D eigenvalue weighted by molar-refractivity contribution is 0.731. The third-order valence-electron chi connectivity index (χ3n) is 5.40. The third-order valence-corrected chi connectivity index (χ3v) is 5.40. The van der Waals surface area contributed by atoms with Gasteiger partial charge >= 0.3 is 0 Å². The summed E-state index contributed by atoms with van der Waals surface area (Å²) in [4.78, 5) is 34.1. The molecule has 0 aliphatic heterocycles. The van der Waals surface area contributed by atoms with E-state index in [1.54, 1.807) is 24.3 Å². The summed E-state index contributed by atoms with van der Waals surface area (Å²) in [5, 5.41) is 13.2. The summed E-state index contributed by atoms with van der Waals surface area (Å²) in [7, 11) is 0. The van der Waals surface area contributed by atoms with Crippen LogP contribution >= 0.6 is 0 Å². The molecule has 33 heavy (non-hydrogen) atoms. The van der Waals surface area contributed by atoms with E-state index in [0.29, 0.717) is 45.0 Å². The van der Waals surface area contributed by atoms with E-state index in [1.165, 1.54) is 10.9 Å². The van der Waals surface area contributed by atoms with Crippen LogP contribution in [0, 0.1) is 18.3 Å². The molecule has 5 aromatic rings. The number of H-pyrrole nitrogens is 1. The number of fused-ring (bicyclic) bond motifs is 2. The topological polar surface area (TPSA) is 151 Å². The number of nitrogens with zero attached hydrogens (tertiary/aromatic N) is 6. The molecular formula is C23H19N9O. The van der Waals surface area contributed by atoms with Crippen molar-refractivity contribution in [3.05, 3.63) is 76.1 Å². The molecule has 0 saturated heterocycles. The zero-order chi connectivity index (χ0) is 23.1. The number of aryl methyl sites for hydroxylation is 1. The minimum absolute atomic E-state index is 0.0858. The second-order valence-electron chi connectivity index (χ2n) is 7.64. The number of nitriles is 1. The molecule has 10 heteroatoms. The van der Waals surface area contributed by atoms with Gasteiger partial charge in [-0.05, 0) is 43.7 Å². The molecular weight excluding hydrogens is 418 g/mol. The monoisotopic (exact) mass is 437 g/mol. The molecule has 0 aliphatic rings. The molecule has 0 fully saturated rings. The fraction of sp³-hybridized carbons (Fsp3) is 0.130. The van der Waals surface area contributed by atoms with Crippen molar-refractivity contribution in [3.63, 3.8) is 0 Å². The number of nitrogens with one attached hydrogen (secondary N) is 2. The van der Waals surface area contributed by atoms with Gasteiger partial charge in [0.1, 0.15) is 11.3 Å². The average molecular weight is 437 g/mol. The van der Waals surface area contributed by atoms with E-state index in [4.69, 9.17) is 10.7 Å². The summed E-state index contributed by atoms with van der Waals surface area (Å²) in [6, 6.07) is 14.1. The van der Waals surface area contributed by atoms with Gasteiger partial charge in [0.25, 0.3) is 5.56 Å². The summed E-state index contributed by atoms with van der Waals surface area (Å²) in [6.45, 7) is 3.74. The molecule has 1 unspecified atom stereocenters. The molecule has 0 bridgehead atoms. The van der Waals surface area contributed by atoms with Crippen LogP contribution in [0.15, 0.2) is 53.6 Å². The van der Waals surface area contributed by atoms with Crippen molar-refractivity contribution in [3.8, 4) is 11.8 Å². The molecule has 3 aromatic heterocycles. The van der Waals surface area contributed by atoms with Crippen LogP contribution in [0.5, 0.6) is 0 Å². The van der Waals surface area contributed by atoms with Gasteiger partial charge in [-0.3, -0.25) is 9.36 Å². The van der Waals surface area contributed by atoms with Crippen molar-refractivity contribution in [2.24, 2.45) is 0 Å². The van der Waals surface area contributed by atoms with Crippen molar-refractivity contribution in [2.45, 2.75) is 19.9 Å². The highest BCUT2D eigenvalue weighted by Crippen LogP contribution is 2.25. The fourth-order valence-corrected chi connectivity index (χ4v) is 3.89. The summed E-state index contributed by atoms with van der Waals surface area (Å²) in [5.74, 6) is 0.957. The lowest BCUT2D eigenvalue weighted by Gasteiger charge is -2.20. The van der Waals surface area contributed by atoms with E-state index in [2.05, 4.69) is 31.3 Å². The molecule has 2 aromatic carbocycles. The molecule has 1 atom stereocenters. The average Bonchev–Trinajstić information content (AvgIpc) is 3.27. The van der Waals surface area contributed by atoms with Gasteiger partial charge < -0.3 is 16.0 Å². The quantitative estimate of drug-likeness (QED) is 0.388. The molecule has 5 rings (SSSR count). The molecule has 0 aliphatic carbocycles. The Kier molecular flexibility index (Phi) is 4.71. The first-order chi connectivity index (χ1) is 16.0. The molecule has 0 radical (unpaired) electrons. The van der Waals surface area contributed by atoms with E-state index < -0.39 is 6.04 Å². The van der Waals surface area contributed by atoms with Gasteiger partial charge in [0.05, 0.1) is 40.6 Å². The first kappa shape index (κ1) is 20.1. The first-order valence-corrected chi connectivity index (χ1v) is 10.2. The number of imidazole rings is 1. The van der Waals surface area contributed by atoms with Crippen LogP contribution in [0.4, 0.5) is 11.8 Å². The summed E-state index contributed by atoms with van der Waals surface area (Å²) in [5.41, 5.74) is 9.06. The number of anilines is 2. The van der Waals surface area contributed by atoms with E-state index in [-0.39, 0.29) is 11.5 Å². The molecule has 162 valence electrons. The predicted molar refractivity (Wildman–Crippen MR) is 125 cm³/mol. The lowest BCUT2D eigenvalue weighted by Crippen LogP contribution is -2.28. The van der Waals surface area contributed by atoms with Crippen LogP contribution in [-0.2, 0) is 0 Å². The van der Waals surface area contributed by atoms with Gasteiger partial charge in [-0.25, -0.2) is 9.97 Å². The predicted octanol–water partition coefficient (Wildman–Crippen LogP) is 2.99. The number of hydrogen-bond donors (Lipinski definition) is 3. The Morgan fingerprint density at radius 2 is 2.00 bits per heavy atom. The fourth-order valence-electron chi connectivity index (χ4n) is 3.89. The summed E-state index contributed by atoms with van der Waals surface area (Å²) < 4.78 is 1.53. The molecule has 3 heterocycles. The second kappa shape index (κ2) is 7.72. The first-order valence-electron chi connectivity index (χ1n) is 10.2. The smallest absolute Gasteiger partial charge is 0.266 e. The van der Waals surface area contributed by atoms with Gasteiger partial charge in [-0.15, -0.1) is 0 Å². The van der Waals surface area contributed by atoms with Crippen LogP contribution in [0.3, 0.4) is 0 Å². The summed E-state index contributed by atoms with van der Waals surface area (Å²) >= 11 is 0. The third kappa shape index (κ3) is 3.41. The Labute approximate surface area is 187 Å². The SMILES string of the molecule is Cc1cccc2nc(C(C)Nc3nc(N)nc4[nH]cnc34)n(-c3cccc(C#N)c3)c(=O)c12. The van der Waals surface area contributed by atoms with Crippen molar-refractivity contribution < 1.29 is 0 Å². The van der Waals surface area contributed by atoms with Gasteiger partial charge in [-0.1, -0.05) is 18.2 Å². The maximum atomic E-state index is 13.7. The number of rotatable bonds is 4. The van der Waals surface area contributed by atoms with E-state index in [1.807, 2.05) is 32.0 Å².